The fourth-order valence-electron chi connectivity index (χ4n) is 4.61. The number of amides is 2. The van der Waals surface area contributed by atoms with Gasteiger partial charge in [-0.15, -0.1) is 0 Å². The summed E-state index contributed by atoms with van der Waals surface area (Å²) in [6.45, 7) is 4.04. The molecule has 1 fully saturated rings. The Labute approximate surface area is 204 Å². The molecule has 1 heterocycles. The van der Waals surface area contributed by atoms with E-state index in [9.17, 15) is 13.2 Å². The van der Waals surface area contributed by atoms with Crippen molar-refractivity contribution in [3.63, 3.8) is 0 Å². The zero-order chi connectivity index (χ0) is 18.3. The molecule has 1 aromatic rings. The first-order valence-electron chi connectivity index (χ1n) is 9.64. The topological polar surface area (TPSA) is 80.6 Å². The third-order valence-electron chi connectivity index (χ3n) is 6.01. The van der Waals surface area contributed by atoms with Crippen molar-refractivity contribution >= 4 is 21.7 Å². The summed E-state index contributed by atoms with van der Waals surface area (Å²) < 4.78 is 28.6. The number of urea groups is 1. The molecule has 1 unspecified atom stereocenters. The molecular weight excluding hydrogens is 389 g/mol. The van der Waals surface area contributed by atoms with Crippen molar-refractivity contribution in [2.45, 2.75) is 57.1 Å². The van der Waals surface area contributed by atoms with Crippen LogP contribution in [0, 0.1) is 0 Å². The average Bonchev–Trinajstić information content (AvgIpc) is 3.33. The summed E-state index contributed by atoms with van der Waals surface area (Å²) in [6.07, 6.45) is 6.68. The molecule has 8 heteroatoms. The molecule has 0 radical (unpaired) electrons. The number of hydrogen-bond donors (Lipinski definition) is 1. The van der Waals surface area contributed by atoms with E-state index >= 15 is 0 Å². The Morgan fingerprint density at radius 1 is 1.19 bits per heavy atom. The summed E-state index contributed by atoms with van der Waals surface area (Å²) in [5.74, 6) is 0. The van der Waals surface area contributed by atoms with Gasteiger partial charge in [0.2, 0.25) is 0 Å². The molecule has 3 aliphatic rings. The van der Waals surface area contributed by atoms with Crippen molar-refractivity contribution in [2.75, 3.05) is 25.0 Å². The molecule has 27 heavy (non-hydrogen) atoms. The summed E-state index contributed by atoms with van der Waals surface area (Å²) in [5, 5.41) is 2.28. The number of nitrogens with zero attached hydrogens (tertiary/aromatic N) is 2. The number of carbonyl (C=O) groups is 1. The van der Waals surface area contributed by atoms with Gasteiger partial charge in [-0.05, 0) is 86.0 Å². The van der Waals surface area contributed by atoms with E-state index in [0.717, 1.165) is 57.3 Å². The maximum absolute atomic E-state index is 12.5. The minimum atomic E-state index is -3.78. The van der Waals surface area contributed by atoms with Gasteiger partial charge >= 0.3 is 51.4 Å². The Kier molecular flexibility index (Phi) is 7.09. The van der Waals surface area contributed by atoms with Gasteiger partial charge in [-0.2, -0.15) is 0 Å². The van der Waals surface area contributed by atoms with Gasteiger partial charge in [-0.25, -0.2) is 8.42 Å². The first-order chi connectivity index (χ1) is 12.5. The molecule has 0 saturated carbocycles. The summed E-state index contributed by atoms with van der Waals surface area (Å²) in [4.78, 5) is 14.5. The van der Waals surface area contributed by atoms with Gasteiger partial charge in [0.1, 0.15) is 0 Å². The third-order valence-corrected chi connectivity index (χ3v) is 7.66. The second kappa shape index (κ2) is 8.81. The number of anilines is 1. The zero-order valence-corrected chi connectivity index (χ0v) is 20.2. The predicted octanol–water partition coefficient (Wildman–Crippen LogP) is -0.00240. The number of hydrogen-bond acceptors (Lipinski definition) is 4. The monoisotopic (exact) mass is 415 g/mol. The zero-order valence-electron chi connectivity index (χ0n) is 16.3. The van der Waals surface area contributed by atoms with Gasteiger partial charge in [0.05, 0.1) is 5.25 Å². The molecular formula is C19H26KN3O3S. The van der Waals surface area contributed by atoms with Crippen LogP contribution < -0.4 is 56.7 Å². The second-order valence-corrected chi connectivity index (χ2v) is 9.45. The molecule has 2 aliphatic carbocycles. The van der Waals surface area contributed by atoms with Gasteiger partial charge in [0.25, 0.3) is 0 Å². The molecule has 1 N–H and O–H groups in total. The summed E-state index contributed by atoms with van der Waals surface area (Å²) in [7, 11) is -3.78. The molecule has 2 amide bonds. The van der Waals surface area contributed by atoms with E-state index in [1.54, 1.807) is 0 Å². The first-order valence-corrected chi connectivity index (χ1v) is 11.1. The van der Waals surface area contributed by atoms with Crippen molar-refractivity contribution in [1.82, 2.24) is 4.90 Å². The van der Waals surface area contributed by atoms with E-state index in [4.69, 9.17) is 0 Å². The summed E-state index contributed by atoms with van der Waals surface area (Å²) in [6, 6.07) is 1.54. The van der Waals surface area contributed by atoms with Crippen molar-refractivity contribution in [2.24, 2.45) is 0 Å². The maximum atomic E-state index is 12.5. The Balaban J connectivity index is 0.00000210. The second-order valence-electron chi connectivity index (χ2n) is 7.57. The Bertz CT molecular complexity index is 809. The molecule has 0 aromatic heterocycles. The number of nitrogens with one attached hydrogen (secondary N) is 1. The van der Waals surface area contributed by atoms with E-state index < -0.39 is 21.3 Å². The molecule has 6 nitrogen and oxygen atoms in total. The van der Waals surface area contributed by atoms with Crippen LogP contribution in [0.2, 0.25) is 0 Å². The number of benzene rings is 1. The normalized spacial score (nSPS) is 21.4. The van der Waals surface area contributed by atoms with Crippen LogP contribution in [0.5, 0.6) is 0 Å². The van der Waals surface area contributed by atoms with E-state index in [-0.39, 0.29) is 51.4 Å². The van der Waals surface area contributed by atoms with E-state index in [0.29, 0.717) is 13.0 Å². The van der Waals surface area contributed by atoms with E-state index in [2.05, 4.69) is 21.0 Å². The Morgan fingerprint density at radius 3 is 2.37 bits per heavy atom. The number of likely N-dealkylation sites (tertiary alicyclic amines) is 1. The van der Waals surface area contributed by atoms with Gasteiger partial charge in [0.15, 0.2) is 16.1 Å². The fourth-order valence-corrected chi connectivity index (χ4v) is 5.84. The number of sulfonamides is 1. The summed E-state index contributed by atoms with van der Waals surface area (Å²) in [5.41, 5.74) is 5.82. The van der Waals surface area contributed by atoms with Crippen LogP contribution in [-0.2, 0) is 35.7 Å². The molecule has 0 spiro atoms. The molecule has 1 saturated heterocycles. The molecule has 142 valence electrons. The summed E-state index contributed by atoms with van der Waals surface area (Å²) >= 11 is 0. The predicted molar refractivity (Wildman–Crippen MR) is 102 cm³/mol. The van der Waals surface area contributed by atoms with Crippen LogP contribution in [0.15, 0.2) is 6.07 Å². The van der Waals surface area contributed by atoms with Crippen LogP contribution in [0.1, 0.15) is 48.4 Å². The average molecular weight is 416 g/mol. The van der Waals surface area contributed by atoms with Crippen molar-refractivity contribution in [3.05, 3.63) is 33.0 Å². The van der Waals surface area contributed by atoms with Crippen LogP contribution in [0.4, 0.5) is 10.5 Å². The van der Waals surface area contributed by atoms with Crippen LogP contribution in [0.3, 0.4) is 0 Å². The van der Waals surface area contributed by atoms with Crippen LogP contribution >= 0.6 is 0 Å². The quantitative estimate of drug-likeness (QED) is 0.702. The standard InChI is InChI=1S/C19H27N3O3S.K/c1-2-22-10-9-15(12-22)26(24,25)21-19(23)20-18-16-7-3-5-13(16)11-14-6-4-8-17(14)18;/h11,15H,2-10,12H2,1H3,(H2,20,21,23);/q;+1/p-1. The van der Waals surface area contributed by atoms with Gasteiger partial charge in [-0.3, -0.25) is 4.79 Å². The number of fused-ring (bicyclic) bond motifs is 2. The van der Waals surface area contributed by atoms with Crippen molar-refractivity contribution in [1.29, 1.82) is 0 Å². The van der Waals surface area contributed by atoms with Gasteiger partial charge < -0.3 is 14.9 Å². The van der Waals surface area contributed by atoms with E-state index in [1.807, 2.05) is 6.92 Å². The fraction of sp³-hybridized carbons (Fsp3) is 0.632. The van der Waals surface area contributed by atoms with Crippen LogP contribution in [-0.4, -0.2) is 44.2 Å². The van der Waals surface area contributed by atoms with Crippen LogP contribution in [0.25, 0.3) is 4.72 Å². The first kappa shape index (κ1) is 21.7. The van der Waals surface area contributed by atoms with Gasteiger partial charge in [0, 0.05) is 6.54 Å². The van der Waals surface area contributed by atoms with Crippen molar-refractivity contribution in [3.8, 4) is 0 Å². The number of carbonyl (C=O) groups excluding carboxylic acids is 1. The third kappa shape index (κ3) is 4.47. The smallest absolute Gasteiger partial charge is 0.423 e. The Hall–Kier alpha value is 0.0364. The Morgan fingerprint density at radius 2 is 1.81 bits per heavy atom. The SMILES string of the molecule is CCN1CCC(S(=O)(=O)[N-]C(=O)Nc2c3c(cc4c2CCC4)CCC3)C1.[K+]. The largest absolute Gasteiger partial charge is 1.00 e. The van der Waals surface area contributed by atoms with Gasteiger partial charge in [-0.1, -0.05) is 13.0 Å². The molecule has 1 aliphatic heterocycles. The van der Waals surface area contributed by atoms with E-state index in [1.165, 1.54) is 22.3 Å². The molecule has 0 bridgehead atoms. The molecule has 1 atom stereocenters. The van der Waals surface area contributed by atoms with Crippen molar-refractivity contribution < 1.29 is 64.6 Å². The minimum Gasteiger partial charge on any atom is -0.423 e. The minimum absolute atomic E-state index is 0. The number of rotatable bonds is 4. The molecule has 4 rings (SSSR count). The maximum Gasteiger partial charge on any atom is 1.00 e. The number of aryl methyl sites for hydroxylation is 2. The molecule has 1 aromatic carbocycles.